The van der Waals surface area contributed by atoms with E-state index < -0.39 is 6.04 Å². The van der Waals surface area contributed by atoms with Crippen LogP contribution in [0.25, 0.3) is 0 Å². The van der Waals surface area contributed by atoms with E-state index in [2.05, 4.69) is 0 Å². The van der Waals surface area contributed by atoms with Crippen LogP contribution < -0.4 is 0 Å². The molecule has 0 aliphatic heterocycles. The molecule has 0 saturated carbocycles. The summed E-state index contributed by atoms with van der Waals surface area (Å²) in [5.74, 6) is 0. The van der Waals surface area contributed by atoms with Gasteiger partial charge in [0.15, 0.2) is 0 Å². The normalized spacial score (nSPS) is 11.9. The summed E-state index contributed by atoms with van der Waals surface area (Å²) in [5.41, 5.74) is 0.781. The lowest BCUT2D eigenvalue weighted by Gasteiger charge is -2.18. The maximum absolute atomic E-state index is 10.2. The van der Waals surface area contributed by atoms with Crippen LogP contribution in [0.3, 0.4) is 0 Å². The summed E-state index contributed by atoms with van der Waals surface area (Å²) in [7, 11) is 0. The molecular formula is C11H22N2O4. The van der Waals surface area contributed by atoms with Crippen LogP contribution in [0, 0.1) is 25.6 Å². The highest BCUT2D eigenvalue weighted by molar-refractivity contribution is 4.97. The molecule has 0 rings (SSSR count). The third kappa shape index (κ3) is 8.36. The zero-order valence-corrected chi connectivity index (χ0v) is 11.6. The maximum atomic E-state index is 10.2. The third-order valence-corrected chi connectivity index (χ3v) is 2.57. The van der Waals surface area contributed by atoms with Crippen molar-refractivity contribution in [1.82, 2.24) is 0 Å². The minimum Gasteiger partial charge on any atom is -0.264 e. The van der Waals surface area contributed by atoms with Crippen molar-refractivity contribution in [2.75, 3.05) is 0 Å². The van der Waals surface area contributed by atoms with Crippen molar-refractivity contribution in [3.8, 4) is 0 Å². The molecule has 0 fully saturated rings. The first-order valence-corrected chi connectivity index (χ1v) is 5.33. The molecule has 1 atom stereocenters. The molecule has 17 heavy (non-hydrogen) atoms. The zero-order valence-electron chi connectivity index (χ0n) is 11.6. The van der Waals surface area contributed by atoms with Crippen molar-refractivity contribution in [1.29, 1.82) is 0 Å². The molecular weight excluding hydrogens is 224 g/mol. The van der Waals surface area contributed by atoms with Crippen LogP contribution in [-0.2, 0) is 0 Å². The molecule has 0 heterocycles. The van der Waals surface area contributed by atoms with Gasteiger partial charge in [-0.3, -0.25) is 20.2 Å². The van der Waals surface area contributed by atoms with Crippen LogP contribution in [0.2, 0.25) is 0 Å². The quantitative estimate of drug-likeness (QED) is 0.552. The van der Waals surface area contributed by atoms with Crippen molar-refractivity contribution >= 4 is 0 Å². The predicted octanol–water partition coefficient (Wildman–Crippen LogP) is 3.27. The summed E-state index contributed by atoms with van der Waals surface area (Å²) in [6.45, 7) is 12.1. The molecule has 0 aromatic carbocycles. The Hall–Kier alpha value is -1.46. The third-order valence-electron chi connectivity index (χ3n) is 2.57. The highest BCUT2D eigenvalue weighted by Crippen LogP contribution is 2.20. The van der Waals surface area contributed by atoms with E-state index in [0.29, 0.717) is 0 Å². The van der Waals surface area contributed by atoms with Crippen molar-refractivity contribution in [3.63, 3.8) is 0 Å². The molecule has 0 aliphatic carbocycles. The van der Waals surface area contributed by atoms with Gasteiger partial charge in [0.25, 0.3) is 0 Å². The van der Waals surface area contributed by atoms with E-state index in [0.717, 1.165) is 5.57 Å². The molecule has 0 aliphatic rings. The predicted molar refractivity (Wildman–Crippen MR) is 67.0 cm³/mol. The first kappa shape index (κ1) is 17.9. The standard InChI is InChI=1S/C6H13NO2.C5H9NO2/c1-5(7(8)9)6(2,3)4;1-4(2)5(3)6(7)8/h5H,1-4H3;1-3H3. The molecule has 0 N–H and O–H groups in total. The van der Waals surface area contributed by atoms with E-state index in [4.69, 9.17) is 0 Å². The summed E-state index contributed by atoms with van der Waals surface area (Å²) in [6.07, 6.45) is 0. The molecule has 100 valence electrons. The second-order valence-corrected chi connectivity index (χ2v) is 5.17. The molecule has 1 unspecified atom stereocenters. The van der Waals surface area contributed by atoms with E-state index in [1.165, 1.54) is 6.92 Å². The van der Waals surface area contributed by atoms with E-state index in [1.54, 1.807) is 20.8 Å². The van der Waals surface area contributed by atoms with Crippen LogP contribution >= 0.6 is 0 Å². The first-order valence-electron chi connectivity index (χ1n) is 5.33. The van der Waals surface area contributed by atoms with E-state index >= 15 is 0 Å². The van der Waals surface area contributed by atoms with Gasteiger partial charge in [-0.1, -0.05) is 20.8 Å². The summed E-state index contributed by atoms with van der Waals surface area (Å²) in [6, 6.07) is -0.461. The van der Waals surface area contributed by atoms with Crippen molar-refractivity contribution < 1.29 is 9.85 Å². The fourth-order valence-corrected chi connectivity index (χ4v) is 0.499. The Morgan fingerprint density at radius 3 is 1.41 bits per heavy atom. The summed E-state index contributed by atoms with van der Waals surface area (Å²) >= 11 is 0. The zero-order chi connectivity index (χ0) is 14.4. The van der Waals surface area contributed by atoms with Crippen LogP contribution in [0.4, 0.5) is 0 Å². The molecule has 0 amide bonds. The van der Waals surface area contributed by atoms with E-state index in [-0.39, 0.29) is 21.0 Å². The van der Waals surface area contributed by atoms with Gasteiger partial charge in [0.1, 0.15) is 0 Å². The van der Waals surface area contributed by atoms with Crippen molar-refractivity contribution in [2.24, 2.45) is 5.41 Å². The van der Waals surface area contributed by atoms with E-state index in [1.807, 2.05) is 20.8 Å². The van der Waals surface area contributed by atoms with Gasteiger partial charge in [-0.25, -0.2) is 0 Å². The Labute approximate surface area is 102 Å². The van der Waals surface area contributed by atoms with Gasteiger partial charge in [-0.05, 0) is 19.4 Å². The van der Waals surface area contributed by atoms with Gasteiger partial charge in [0.05, 0.1) is 4.92 Å². The fourth-order valence-electron chi connectivity index (χ4n) is 0.499. The number of nitro groups is 2. The van der Waals surface area contributed by atoms with E-state index in [9.17, 15) is 20.2 Å². The number of hydrogen-bond donors (Lipinski definition) is 0. The average Bonchev–Trinajstić information content (AvgIpc) is 2.14. The van der Waals surface area contributed by atoms with Crippen LogP contribution in [0.5, 0.6) is 0 Å². The SMILES string of the molecule is CC(C)=C(C)[N+](=O)[O-].CC([N+](=O)[O-])C(C)(C)C. The Morgan fingerprint density at radius 1 is 1.06 bits per heavy atom. The van der Waals surface area contributed by atoms with Crippen LogP contribution in [-0.4, -0.2) is 15.9 Å². The molecule has 0 spiro atoms. The van der Waals surface area contributed by atoms with Gasteiger partial charge in [-0.2, -0.15) is 0 Å². The number of rotatable bonds is 2. The lowest BCUT2D eigenvalue weighted by atomic mass is 9.89. The highest BCUT2D eigenvalue weighted by atomic mass is 16.6. The van der Waals surface area contributed by atoms with Crippen molar-refractivity contribution in [2.45, 2.75) is 54.5 Å². The smallest absolute Gasteiger partial charge is 0.241 e. The van der Waals surface area contributed by atoms with Gasteiger partial charge in [-0.15, -0.1) is 0 Å². The molecule has 0 aromatic heterocycles. The average molecular weight is 246 g/mol. The second kappa shape index (κ2) is 6.98. The van der Waals surface area contributed by atoms with Gasteiger partial charge >= 0.3 is 0 Å². The molecule has 0 aromatic rings. The topological polar surface area (TPSA) is 86.3 Å². The maximum Gasteiger partial charge on any atom is 0.241 e. The molecule has 0 bridgehead atoms. The number of hydrogen-bond acceptors (Lipinski definition) is 4. The van der Waals surface area contributed by atoms with Gasteiger partial charge in [0.2, 0.25) is 11.7 Å². The molecule has 0 saturated heterocycles. The Kier molecular flexibility index (Phi) is 7.36. The minimum atomic E-state index is -0.461. The van der Waals surface area contributed by atoms with Gasteiger partial charge in [0, 0.05) is 24.2 Å². The monoisotopic (exact) mass is 246 g/mol. The molecule has 0 radical (unpaired) electrons. The van der Waals surface area contributed by atoms with Crippen LogP contribution in [0.1, 0.15) is 48.5 Å². The molecule has 6 nitrogen and oxygen atoms in total. The van der Waals surface area contributed by atoms with Gasteiger partial charge < -0.3 is 0 Å². The summed E-state index contributed by atoms with van der Waals surface area (Å²) in [5, 5.41) is 20.0. The minimum absolute atomic E-state index is 0.219. The number of nitrogens with zero attached hydrogens (tertiary/aromatic N) is 2. The lowest BCUT2D eigenvalue weighted by Crippen LogP contribution is -2.30. The Balaban J connectivity index is 0. The second-order valence-electron chi connectivity index (χ2n) is 5.17. The number of allylic oxidation sites excluding steroid dienone is 2. The largest absolute Gasteiger partial charge is 0.264 e. The van der Waals surface area contributed by atoms with Crippen LogP contribution in [0.15, 0.2) is 11.3 Å². The Bertz CT molecular complexity index is 312. The summed E-state index contributed by atoms with van der Waals surface area (Å²) < 4.78 is 0. The Morgan fingerprint density at radius 2 is 1.41 bits per heavy atom. The summed E-state index contributed by atoms with van der Waals surface area (Å²) in [4.78, 5) is 19.4. The van der Waals surface area contributed by atoms with Crippen molar-refractivity contribution in [3.05, 3.63) is 31.5 Å². The lowest BCUT2D eigenvalue weighted by molar-refractivity contribution is -0.535. The fraction of sp³-hybridized carbons (Fsp3) is 0.818. The first-order chi connectivity index (χ1) is 7.41. The molecule has 6 heteroatoms. The highest BCUT2D eigenvalue weighted by Gasteiger charge is 2.29.